The summed E-state index contributed by atoms with van der Waals surface area (Å²) in [5.41, 5.74) is 0.0797. The fraction of sp³-hybridized carbons (Fsp3) is 0.133. The summed E-state index contributed by atoms with van der Waals surface area (Å²) < 4.78 is 39.8. The van der Waals surface area contributed by atoms with Crippen molar-refractivity contribution in [1.82, 2.24) is 4.90 Å². The summed E-state index contributed by atoms with van der Waals surface area (Å²) in [6, 6.07) is 8.74. The van der Waals surface area contributed by atoms with Crippen LogP contribution in [0.4, 0.5) is 13.2 Å². The zero-order valence-electron chi connectivity index (χ0n) is 10.7. The van der Waals surface area contributed by atoms with E-state index in [4.69, 9.17) is 0 Å². The van der Waals surface area contributed by atoms with Crippen molar-refractivity contribution in [2.75, 3.05) is 7.05 Å². The van der Waals surface area contributed by atoms with Gasteiger partial charge in [0.1, 0.15) is 17.5 Å². The molecule has 0 aliphatic heterocycles. The third-order valence-electron chi connectivity index (χ3n) is 2.87. The van der Waals surface area contributed by atoms with Gasteiger partial charge in [0.05, 0.1) is 5.56 Å². The molecule has 20 heavy (non-hydrogen) atoms. The maximum Gasteiger partial charge on any atom is 0.256 e. The van der Waals surface area contributed by atoms with Gasteiger partial charge in [-0.3, -0.25) is 4.79 Å². The number of hydrogen-bond donors (Lipinski definition) is 0. The summed E-state index contributed by atoms with van der Waals surface area (Å²) in [5.74, 6) is -2.76. The monoisotopic (exact) mass is 279 g/mol. The largest absolute Gasteiger partial charge is 0.337 e. The van der Waals surface area contributed by atoms with E-state index in [1.807, 2.05) is 0 Å². The number of amides is 1. The second kappa shape index (κ2) is 5.77. The van der Waals surface area contributed by atoms with Gasteiger partial charge in [-0.2, -0.15) is 0 Å². The molecule has 0 spiro atoms. The van der Waals surface area contributed by atoms with Gasteiger partial charge in [0.15, 0.2) is 0 Å². The minimum atomic E-state index is -0.935. The summed E-state index contributed by atoms with van der Waals surface area (Å²) in [6.07, 6.45) is 0. The van der Waals surface area contributed by atoms with E-state index in [1.54, 1.807) is 18.2 Å². The first-order valence-corrected chi connectivity index (χ1v) is 5.93. The van der Waals surface area contributed by atoms with Crippen LogP contribution in [0.2, 0.25) is 0 Å². The van der Waals surface area contributed by atoms with Crippen LogP contribution >= 0.6 is 0 Å². The van der Waals surface area contributed by atoms with Crippen LogP contribution in [0.15, 0.2) is 42.5 Å². The Morgan fingerprint density at radius 3 is 2.40 bits per heavy atom. The molecule has 0 heterocycles. The maximum atomic E-state index is 13.5. The number of benzene rings is 2. The van der Waals surface area contributed by atoms with Crippen molar-refractivity contribution in [2.45, 2.75) is 6.54 Å². The van der Waals surface area contributed by atoms with Crippen molar-refractivity contribution in [3.05, 3.63) is 71.0 Å². The first-order chi connectivity index (χ1) is 9.49. The van der Waals surface area contributed by atoms with Crippen LogP contribution in [-0.4, -0.2) is 17.9 Å². The van der Waals surface area contributed by atoms with Crippen LogP contribution in [0.25, 0.3) is 0 Å². The fourth-order valence-electron chi connectivity index (χ4n) is 1.82. The third-order valence-corrected chi connectivity index (χ3v) is 2.87. The van der Waals surface area contributed by atoms with E-state index < -0.39 is 23.4 Å². The molecule has 0 fully saturated rings. The van der Waals surface area contributed by atoms with Crippen molar-refractivity contribution < 1.29 is 18.0 Å². The normalized spacial score (nSPS) is 10.4. The number of halogens is 3. The average Bonchev–Trinajstić information content (AvgIpc) is 2.40. The van der Waals surface area contributed by atoms with Crippen molar-refractivity contribution in [3.8, 4) is 0 Å². The molecule has 0 saturated heterocycles. The van der Waals surface area contributed by atoms with Gasteiger partial charge in [-0.05, 0) is 18.2 Å². The summed E-state index contributed by atoms with van der Waals surface area (Å²) in [6.45, 7) is 0.00230. The predicted molar refractivity (Wildman–Crippen MR) is 68.6 cm³/mol. The third kappa shape index (κ3) is 2.99. The summed E-state index contributed by atoms with van der Waals surface area (Å²) in [5, 5.41) is 0. The highest BCUT2D eigenvalue weighted by Gasteiger charge is 2.17. The number of hydrogen-bond acceptors (Lipinski definition) is 1. The lowest BCUT2D eigenvalue weighted by molar-refractivity contribution is 0.0779. The molecule has 0 aliphatic rings. The van der Waals surface area contributed by atoms with Crippen LogP contribution in [-0.2, 0) is 6.54 Å². The Balaban J connectivity index is 2.19. The maximum absolute atomic E-state index is 13.5. The fourth-order valence-corrected chi connectivity index (χ4v) is 1.82. The highest BCUT2D eigenvalue weighted by Crippen LogP contribution is 2.14. The molecule has 0 atom stereocenters. The predicted octanol–water partition coefficient (Wildman–Crippen LogP) is 3.38. The van der Waals surface area contributed by atoms with Gasteiger partial charge >= 0.3 is 0 Å². The Morgan fingerprint density at radius 1 is 1.05 bits per heavy atom. The van der Waals surface area contributed by atoms with Crippen molar-refractivity contribution in [1.29, 1.82) is 0 Å². The number of rotatable bonds is 3. The number of carbonyl (C=O) groups is 1. The molecule has 0 aliphatic carbocycles. The molecule has 0 radical (unpaired) electrons. The molecule has 0 unspecified atom stereocenters. The molecule has 0 aromatic heterocycles. The van der Waals surface area contributed by atoms with Crippen LogP contribution < -0.4 is 0 Å². The zero-order chi connectivity index (χ0) is 14.7. The van der Waals surface area contributed by atoms with Gasteiger partial charge in [0.25, 0.3) is 5.91 Å². The lowest BCUT2D eigenvalue weighted by atomic mass is 10.1. The van der Waals surface area contributed by atoms with Gasteiger partial charge in [-0.1, -0.05) is 18.2 Å². The van der Waals surface area contributed by atoms with E-state index in [-0.39, 0.29) is 12.1 Å². The second-order valence-electron chi connectivity index (χ2n) is 4.38. The smallest absolute Gasteiger partial charge is 0.256 e. The topological polar surface area (TPSA) is 20.3 Å². The highest BCUT2D eigenvalue weighted by atomic mass is 19.1. The molecular weight excluding hydrogens is 267 g/mol. The zero-order valence-corrected chi connectivity index (χ0v) is 10.7. The molecule has 0 bridgehead atoms. The Kier molecular flexibility index (Phi) is 4.08. The van der Waals surface area contributed by atoms with Crippen LogP contribution in [0, 0.1) is 17.5 Å². The standard InChI is InChI=1S/C15H12F3NO/c1-19(9-10-4-2-3-5-13(10)17)15(20)12-7-6-11(16)8-14(12)18/h2-8H,9H2,1H3. The van der Waals surface area contributed by atoms with Gasteiger partial charge in [-0.15, -0.1) is 0 Å². The van der Waals surface area contributed by atoms with Gasteiger partial charge < -0.3 is 4.90 Å². The van der Waals surface area contributed by atoms with E-state index >= 15 is 0 Å². The van der Waals surface area contributed by atoms with Crippen LogP contribution in [0.3, 0.4) is 0 Å². The van der Waals surface area contributed by atoms with E-state index in [0.717, 1.165) is 12.1 Å². The SMILES string of the molecule is CN(Cc1ccccc1F)C(=O)c1ccc(F)cc1F. The Morgan fingerprint density at radius 2 is 1.75 bits per heavy atom. The molecule has 1 amide bonds. The minimum Gasteiger partial charge on any atom is -0.337 e. The summed E-state index contributed by atoms with van der Waals surface area (Å²) in [7, 11) is 1.43. The first kappa shape index (κ1) is 14.1. The summed E-state index contributed by atoms with van der Waals surface area (Å²) >= 11 is 0. The van der Waals surface area contributed by atoms with E-state index in [0.29, 0.717) is 11.6 Å². The van der Waals surface area contributed by atoms with Crippen molar-refractivity contribution in [3.63, 3.8) is 0 Å². The van der Waals surface area contributed by atoms with E-state index in [9.17, 15) is 18.0 Å². The molecule has 2 rings (SSSR count). The summed E-state index contributed by atoms with van der Waals surface area (Å²) in [4.78, 5) is 13.2. The van der Waals surface area contributed by atoms with Crippen molar-refractivity contribution in [2.24, 2.45) is 0 Å². The second-order valence-corrected chi connectivity index (χ2v) is 4.38. The lowest BCUT2D eigenvalue weighted by Gasteiger charge is -2.18. The van der Waals surface area contributed by atoms with Gasteiger partial charge in [0.2, 0.25) is 0 Å². The van der Waals surface area contributed by atoms with Crippen LogP contribution in [0.5, 0.6) is 0 Å². The molecule has 0 N–H and O–H groups in total. The molecule has 2 aromatic carbocycles. The van der Waals surface area contributed by atoms with Gasteiger partial charge in [0, 0.05) is 25.2 Å². The lowest BCUT2D eigenvalue weighted by Crippen LogP contribution is -2.27. The highest BCUT2D eigenvalue weighted by molar-refractivity contribution is 5.94. The number of nitrogens with zero attached hydrogens (tertiary/aromatic N) is 1. The minimum absolute atomic E-state index is 0.00230. The Bertz CT molecular complexity index is 643. The molecule has 104 valence electrons. The molecule has 0 saturated carbocycles. The molecular formula is C15H12F3NO. The Labute approximate surface area is 114 Å². The van der Waals surface area contributed by atoms with E-state index in [2.05, 4.69) is 0 Å². The Hall–Kier alpha value is -2.30. The molecule has 2 nitrogen and oxygen atoms in total. The van der Waals surface area contributed by atoms with Crippen molar-refractivity contribution >= 4 is 5.91 Å². The van der Waals surface area contributed by atoms with Gasteiger partial charge in [-0.25, -0.2) is 13.2 Å². The van der Waals surface area contributed by atoms with Crippen LogP contribution in [0.1, 0.15) is 15.9 Å². The average molecular weight is 279 g/mol. The van der Waals surface area contributed by atoms with E-state index in [1.165, 1.54) is 18.0 Å². The number of carbonyl (C=O) groups excluding carboxylic acids is 1. The molecule has 2 aromatic rings. The first-order valence-electron chi connectivity index (χ1n) is 5.93. The molecule has 5 heteroatoms. The quantitative estimate of drug-likeness (QED) is 0.843.